The molecule has 0 amide bonds. The van der Waals surface area contributed by atoms with Gasteiger partial charge in [0.15, 0.2) is 0 Å². The zero-order valence-electron chi connectivity index (χ0n) is 11.5. The van der Waals surface area contributed by atoms with Gasteiger partial charge < -0.3 is 19.6 Å². The van der Waals surface area contributed by atoms with Gasteiger partial charge in [0.1, 0.15) is 12.2 Å². The maximum atomic E-state index is 11.7. The quantitative estimate of drug-likeness (QED) is 0.375. The lowest BCUT2D eigenvalue weighted by Crippen LogP contribution is -2.28. The first kappa shape index (κ1) is 19.2. The van der Waals surface area contributed by atoms with Crippen LogP contribution >= 0.6 is 15.6 Å². The predicted molar refractivity (Wildman–Crippen MR) is 69.5 cm³/mol. The Balaban J connectivity index is 2.46. The summed E-state index contributed by atoms with van der Waals surface area (Å²) in [6.45, 7) is -0.388. The van der Waals surface area contributed by atoms with Crippen molar-refractivity contribution in [3.63, 3.8) is 0 Å². The van der Waals surface area contributed by atoms with Crippen molar-refractivity contribution in [2.45, 2.75) is 25.0 Å². The van der Waals surface area contributed by atoms with E-state index in [0.717, 1.165) is 7.11 Å². The summed E-state index contributed by atoms with van der Waals surface area (Å²) in [7, 11) is -7.43. The molecule has 0 saturated carbocycles. The third-order valence-electron chi connectivity index (χ3n) is 2.61. The summed E-state index contributed by atoms with van der Waals surface area (Å²) in [5, 5.41) is 8.57. The summed E-state index contributed by atoms with van der Waals surface area (Å²) in [5.74, 6) is 0. The molecule has 1 aliphatic heterocycles. The fraction of sp³-hybridized carbons (Fsp3) is 1.00. The van der Waals surface area contributed by atoms with Crippen LogP contribution in [0.25, 0.3) is 0 Å². The molecule has 4 atom stereocenters. The number of phosphoric ester groups is 2. The Kier molecular flexibility index (Phi) is 7.94. The minimum atomic E-state index is -4.29. The van der Waals surface area contributed by atoms with Crippen LogP contribution < -0.4 is 0 Å². The van der Waals surface area contributed by atoms with Gasteiger partial charge in [0.05, 0.1) is 13.2 Å². The Bertz CT molecular complexity index is 402. The number of aliphatic hydroxyl groups excluding tert-OH is 1. The maximum absolute atomic E-state index is 11.7. The third kappa shape index (κ3) is 7.30. The second-order valence-electron chi connectivity index (χ2n) is 4.17. The summed E-state index contributed by atoms with van der Waals surface area (Å²) in [6, 6.07) is 0. The molecule has 1 saturated heterocycles. The Morgan fingerprint density at radius 1 is 1.24 bits per heavy atom. The normalized spacial score (nSPS) is 28.2. The summed E-state index contributed by atoms with van der Waals surface area (Å²) in [5.41, 5.74) is 0. The molecule has 4 unspecified atom stereocenters. The fourth-order valence-electron chi connectivity index (χ4n) is 1.57. The summed E-state index contributed by atoms with van der Waals surface area (Å²) in [4.78, 5) is 18.6. The van der Waals surface area contributed by atoms with Gasteiger partial charge in [-0.25, -0.2) is 9.13 Å². The van der Waals surface area contributed by atoms with E-state index in [4.69, 9.17) is 19.3 Å². The molecule has 0 aromatic heterocycles. The van der Waals surface area contributed by atoms with Crippen LogP contribution in [0.4, 0.5) is 0 Å². The SMILES string of the molecule is COP(=O)(O)OCC1OCCC1OP(=O)(O)OCCCO. The number of phosphoric acid groups is 2. The van der Waals surface area contributed by atoms with Crippen LogP contribution in [0.3, 0.4) is 0 Å². The molecule has 12 heteroatoms. The van der Waals surface area contributed by atoms with E-state index < -0.39 is 27.9 Å². The van der Waals surface area contributed by atoms with Crippen molar-refractivity contribution in [1.29, 1.82) is 0 Å². The van der Waals surface area contributed by atoms with Crippen LogP contribution in [0.1, 0.15) is 12.8 Å². The fourth-order valence-corrected chi connectivity index (χ4v) is 3.02. The monoisotopic (exact) mass is 350 g/mol. The third-order valence-corrected chi connectivity index (χ3v) is 4.59. The van der Waals surface area contributed by atoms with E-state index in [2.05, 4.69) is 13.6 Å². The smallest absolute Gasteiger partial charge is 0.396 e. The average Bonchev–Trinajstić information content (AvgIpc) is 2.83. The first-order valence-corrected chi connectivity index (χ1v) is 9.20. The van der Waals surface area contributed by atoms with Crippen molar-refractivity contribution in [2.75, 3.05) is 33.5 Å². The summed E-state index contributed by atoms with van der Waals surface area (Å²) >= 11 is 0. The number of rotatable bonds is 10. The van der Waals surface area contributed by atoms with Gasteiger partial charge in [-0.05, 0) is 6.42 Å². The minimum Gasteiger partial charge on any atom is -0.396 e. The Morgan fingerprint density at radius 3 is 2.57 bits per heavy atom. The van der Waals surface area contributed by atoms with E-state index in [0.29, 0.717) is 6.42 Å². The minimum absolute atomic E-state index is 0.130. The van der Waals surface area contributed by atoms with E-state index in [1.165, 1.54) is 0 Å². The van der Waals surface area contributed by atoms with Crippen LogP contribution in [0.2, 0.25) is 0 Å². The molecule has 0 spiro atoms. The number of hydrogen-bond donors (Lipinski definition) is 3. The molecule has 1 rings (SSSR count). The largest absolute Gasteiger partial charge is 0.472 e. The lowest BCUT2D eigenvalue weighted by molar-refractivity contribution is -0.00219. The molecule has 1 fully saturated rings. The molecular formula is C9H20O10P2. The first-order valence-electron chi connectivity index (χ1n) is 6.21. The molecule has 10 nitrogen and oxygen atoms in total. The zero-order chi connectivity index (χ0) is 15.9. The zero-order valence-corrected chi connectivity index (χ0v) is 13.3. The topological polar surface area (TPSA) is 141 Å². The van der Waals surface area contributed by atoms with E-state index in [9.17, 15) is 14.0 Å². The number of hydrogen-bond acceptors (Lipinski definition) is 8. The molecule has 0 radical (unpaired) electrons. The highest BCUT2D eigenvalue weighted by molar-refractivity contribution is 7.47. The lowest BCUT2D eigenvalue weighted by atomic mass is 10.2. The van der Waals surface area contributed by atoms with Crippen molar-refractivity contribution >= 4 is 15.6 Å². The van der Waals surface area contributed by atoms with Crippen LogP contribution in [-0.4, -0.2) is 60.6 Å². The highest BCUT2D eigenvalue weighted by Crippen LogP contribution is 2.47. The van der Waals surface area contributed by atoms with Gasteiger partial charge >= 0.3 is 15.6 Å². The van der Waals surface area contributed by atoms with Crippen molar-refractivity contribution in [3.05, 3.63) is 0 Å². The molecule has 1 aliphatic rings. The molecule has 3 N–H and O–H groups in total. The van der Waals surface area contributed by atoms with Crippen LogP contribution in [0, 0.1) is 0 Å². The molecular weight excluding hydrogens is 330 g/mol. The Hall–Kier alpha value is 0.140. The average molecular weight is 350 g/mol. The molecule has 0 bridgehead atoms. The molecule has 126 valence electrons. The highest BCUT2D eigenvalue weighted by atomic mass is 31.2. The first-order chi connectivity index (χ1) is 9.79. The van der Waals surface area contributed by atoms with Gasteiger partial charge in [0, 0.05) is 26.7 Å². The van der Waals surface area contributed by atoms with Crippen molar-refractivity contribution in [1.82, 2.24) is 0 Å². The molecule has 0 aliphatic carbocycles. The van der Waals surface area contributed by atoms with Crippen LogP contribution in [-0.2, 0) is 32.0 Å². The van der Waals surface area contributed by atoms with E-state index in [1.54, 1.807) is 0 Å². The highest BCUT2D eigenvalue weighted by Gasteiger charge is 2.37. The number of ether oxygens (including phenoxy) is 1. The second-order valence-corrected chi connectivity index (χ2v) is 7.13. The molecule has 0 aromatic rings. The van der Waals surface area contributed by atoms with Gasteiger partial charge in [-0.1, -0.05) is 0 Å². The maximum Gasteiger partial charge on any atom is 0.472 e. The van der Waals surface area contributed by atoms with Gasteiger partial charge in [-0.15, -0.1) is 0 Å². The Labute approximate surface area is 122 Å². The summed E-state index contributed by atoms with van der Waals surface area (Å²) in [6.07, 6.45) is -1.09. The number of aliphatic hydroxyl groups is 1. The van der Waals surface area contributed by atoms with Crippen molar-refractivity contribution < 1.29 is 46.9 Å². The van der Waals surface area contributed by atoms with Gasteiger partial charge in [-0.2, -0.15) is 0 Å². The van der Waals surface area contributed by atoms with E-state index in [-0.39, 0.29) is 32.8 Å². The van der Waals surface area contributed by atoms with Gasteiger partial charge in [0.2, 0.25) is 0 Å². The summed E-state index contributed by atoms with van der Waals surface area (Å²) < 4.78 is 46.5. The Morgan fingerprint density at radius 2 is 1.95 bits per heavy atom. The van der Waals surface area contributed by atoms with E-state index in [1.807, 2.05) is 0 Å². The van der Waals surface area contributed by atoms with Crippen LogP contribution in [0.15, 0.2) is 0 Å². The molecule has 21 heavy (non-hydrogen) atoms. The van der Waals surface area contributed by atoms with Gasteiger partial charge in [0.25, 0.3) is 0 Å². The molecule has 0 aromatic carbocycles. The molecule has 1 heterocycles. The lowest BCUT2D eigenvalue weighted by Gasteiger charge is -2.21. The predicted octanol–water partition coefficient (Wildman–Crippen LogP) is 0.423. The van der Waals surface area contributed by atoms with Gasteiger partial charge in [-0.3, -0.25) is 18.1 Å². The van der Waals surface area contributed by atoms with Crippen LogP contribution in [0.5, 0.6) is 0 Å². The van der Waals surface area contributed by atoms with Crippen molar-refractivity contribution in [2.24, 2.45) is 0 Å². The van der Waals surface area contributed by atoms with E-state index >= 15 is 0 Å². The standard InChI is InChI=1S/C9H20O10P2/c1-15-20(11,12)18-7-9-8(3-6-16-9)19-21(13,14)17-5-2-4-10/h8-10H,2-7H2,1H3,(H,11,12)(H,13,14). The van der Waals surface area contributed by atoms with Crippen molar-refractivity contribution in [3.8, 4) is 0 Å². The second kappa shape index (κ2) is 8.69.